The summed E-state index contributed by atoms with van der Waals surface area (Å²) in [5.41, 5.74) is 17.9. The molecule has 0 fully saturated rings. The molecule has 0 spiro atoms. The van der Waals surface area contributed by atoms with Crippen LogP contribution in [-0.2, 0) is 21.7 Å². The Bertz CT molecular complexity index is 4060. The van der Waals surface area contributed by atoms with Crippen LogP contribution in [-0.4, -0.2) is 16.2 Å². The zero-order chi connectivity index (χ0) is 59.2. The summed E-state index contributed by atoms with van der Waals surface area (Å²) in [5.74, 6) is 1.51. The van der Waals surface area contributed by atoms with E-state index in [1.165, 1.54) is 39.9 Å². The van der Waals surface area contributed by atoms with Crippen LogP contribution in [0.15, 0.2) is 170 Å². The first-order valence-electron chi connectivity index (χ1n) is 29.5. The van der Waals surface area contributed by atoms with E-state index in [0.29, 0.717) is 23.7 Å². The van der Waals surface area contributed by atoms with Crippen molar-refractivity contribution < 1.29 is 13.5 Å². The van der Waals surface area contributed by atoms with Crippen molar-refractivity contribution in [2.75, 3.05) is 16.5 Å². The molecule has 0 bridgehead atoms. The highest BCUT2D eigenvalue weighted by Crippen LogP contribution is 2.53. The van der Waals surface area contributed by atoms with E-state index < -0.39 is 11.6 Å². The lowest BCUT2D eigenvalue weighted by Crippen LogP contribution is -2.25. The van der Waals surface area contributed by atoms with Gasteiger partial charge >= 0.3 is 0 Å². The minimum atomic E-state index is -0.623. The molecule has 0 amide bonds. The smallest absolute Gasteiger partial charge is 0.137 e. The number of pyridine rings is 1. The van der Waals surface area contributed by atoms with Crippen molar-refractivity contribution in [2.45, 2.75) is 144 Å². The highest BCUT2D eigenvalue weighted by atomic mass is 19.1. The van der Waals surface area contributed by atoms with E-state index in [4.69, 9.17) is 9.72 Å². The lowest BCUT2D eigenvalue weighted by atomic mass is 9.79. The maximum atomic E-state index is 15.7. The molecule has 5 nitrogen and oxygen atoms in total. The third-order valence-corrected chi connectivity index (χ3v) is 16.7. The number of ether oxygens (including phenoxy) is 1. The van der Waals surface area contributed by atoms with Gasteiger partial charge in [-0.25, -0.2) is 13.8 Å². The second kappa shape index (κ2) is 21.0. The molecular formula is C76H80F2N4O. The first kappa shape index (κ1) is 56.8. The van der Waals surface area contributed by atoms with Gasteiger partial charge in [0.25, 0.3) is 0 Å². The van der Waals surface area contributed by atoms with E-state index in [1.54, 1.807) is 0 Å². The Morgan fingerprint density at radius 3 is 1.55 bits per heavy atom. The van der Waals surface area contributed by atoms with Crippen LogP contribution >= 0.6 is 0 Å². The van der Waals surface area contributed by atoms with Gasteiger partial charge in [-0.1, -0.05) is 178 Å². The first-order chi connectivity index (χ1) is 39.1. The monoisotopic (exact) mass is 1100 g/mol. The average Bonchev–Trinajstić information content (AvgIpc) is 2.56. The topological polar surface area (TPSA) is 33.5 Å². The summed E-state index contributed by atoms with van der Waals surface area (Å²) in [6.45, 7) is 36.3. The molecule has 83 heavy (non-hydrogen) atoms. The fraction of sp³-hybridized carbons (Fsp3) is 0.303. The summed E-state index contributed by atoms with van der Waals surface area (Å²) in [6.07, 6.45) is 1.91. The molecule has 10 aromatic rings. The Hall–Kier alpha value is -8.03. The SMILES string of the molecule is CC(C)c1cc(-c2cc(C(C)(C)C)cc(-c3cc(F)cc(F)c3)c2N2CN(c3cc(Oc4ccc5c6ccccc6n(-c6cc(C(C)(C)C)ccn6)c5c4)cc(-c4cc(C(C)(C)C)cc(C(C)(C)C)c4)c3)c3ccccc32)cc(C(C)C)c1. The number of anilines is 4. The summed E-state index contributed by atoms with van der Waals surface area (Å²) >= 11 is 0. The van der Waals surface area contributed by atoms with Gasteiger partial charge in [-0.15, -0.1) is 0 Å². The van der Waals surface area contributed by atoms with Crippen LogP contribution in [0.1, 0.15) is 156 Å². The van der Waals surface area contributed by atoms with E-state index in [9.17, 15) is 0 Å². The molecule has 2 aromatic heterocycles. The third-order valence-electron chi connectivity index (χ3n) is 16.7. The van der Waals surface area contributed by atoms with Gasteiger partial charge in [0.2, 0.25) is 0 Å². The second-order valence-electron chi connectivity index (χ2n) is 27.8. The highest BCUT2D eigenvalue weighted by Gasteiger charge is 2.34. The molecule has 0 N–H and O–H groups in total. The Kier molecular flexibility index (Phi) is 14.4. The van der Waals surface area contributed by atoms with Crippen LogP contribution in [0.3, 0.4) is 0 Å². The number of aromatic nitrogens is 2. The molecule has 3 heterocycles. The largest absolute Gasteiger partial charge is 0.457 e. The number of nitrogens with zero attached hydrogens (tertiary/aromatic N) is 4. The van der Waals surface area contributed by atoms with Crippen molar-refractivity contribution in [3.8, 4) is 50.7 Å². The quantitative estimate of drug-likeness (QED) is 0.137. The molecule has 7 heteroatoms. The predicted octanol–water partition coefficient (Wildman–Crippen LogP) is 21.9. The number of hydrogen-bond acceptors (Lipinski definition) is 4. The Morgan fingerprint density at radius 2 is 0.964 bits per heavy atom. The Labute approximate surface area is 491 Å². The molecule has 0 atom stereocenters. The lowest BCUT2D eigenvalue weighted by molar-refractivity contribution is 0.483. The molecular weight excluding hydrogens is 1020 g/mol. The Balaban J connectivity index is 1.14. The van der Waals surface area contributed by atoms with Crippen molar-refractivity contribution >= 4 is 44.6 Å². The molecule has 1 aliphatic rings. The molecule has 8 aromatic carbocycles. The minimum Gasteiger partial charge on any atom is -0.457 e. The van der Waals surface area contributed by atoms with Crippen molar-refractivity contribution in [3.05, 3.63) is 215 Å². The van der Waals surface area contributed by atoms with E-state index in [-0.39, 0.29) is 33.5 Å². The maximum absolute atomic E-state index is 15.7. The molecule has 0 aliphatic carbocycles. The Morgan fingerprint density at radius 1 is 0.434 bits per heavy atom. The summed E-state index contributed by atoms with van der Waals surface area (Å²) in [4.78, 5) is 9.69. The van der Waals surface area contributed by atoms with E-state index in [1.807, 2.05) is 6.20 Å². The van der Waals surface area contributed by atoms with Gasteiger partial charge in [-0.2, -0.15) is 0 Å². The summed E-state index contributed by atoms with van der Waals surface area (Å²) in [6, 6.07) is 56.8. The van der Waals surface area contributed by atoms with Crippen molar-refractivity contribution in [3.63, 3.8) is 0 Å². The number of rotatable bonds is 10. The fourth-order valence-corrected chi connectivity index (χ4v) is 11.7. The number of hydrogen-bond donors (Lipinski definition) is 0. The van der Waals surface area contributed by atoms with Gasteiger partial charge in [-0.3, -0.25) is 4.57 Å². The van der Waals surface area contributed by atoms with Gasteiger partial charge in [0.1, 0.15) is 35.6 Å². The summed E-state index contributed by atoms with van der Waals surface area (Å²) in [5, 5.41) is 2.25. The fourth-order valence-electron chi connectivity index (χ4n) is 11.7. The zero-order valence-electron chi connectivity index (χ0n) is 51.5. The van der Waals surface area contributed by atoms with Crippen LogP contribution in [0.25, 0.3) is 61.0 Å². The summed E-state index contributed by atoms with van der Waals surface area (Å²) < 4.78 is 41.0. The van der Waals surface area contributed by atoms with Gasteiger partial charge in [-0.05, 0) is 168 Å². The second-order valence-corrected chi connectivity index (χ2v) is 27.8. The molecule has 11 rings (SSSR count). The van der Waals surface area contributed by atoms with E-state index in [0.717, 1.165) is 89.8 Å². The zero-order valence-corrected chi connectivity index (χ0v) is 51.5. The number of benzene rings is 8. The third kappa shape index (κ3) is 11.2. The lowest BCUT2D eigenvalue weighted by Gasteiger charge is -2.31. The first-order valence-corrected chi connectivity index (χ1v) is 29.5. The van der Waals surface area contributed by atoms with Gasteiger partial charge in [0.05, 0.1) is 28.1 Å². The normalized spacial score (nSPS) is 13.3. The molecule has 0 saturated carbocycles. The number of fused-ring (bicyclic) bond motifs is 4. The van der Waals surface area contributed by atoms with Crippen molar-refractivity contribution in [1.82, 2.24) is 9.55 Å². The van der Waals surface area contributed by atoms with E-state index in [2.05, 4.69) is 271 Å². The minimum absolute atomic E-state index is 0.0699. The number of halogens is 2. The standard InChI is InChI=1S/C76H80F2N4O/c1-46(2)48-29-49(47(3)4)31-52(30-48)65-39-57(76(14,15)16)40-66(53-34-58(77)42-59(78)35-53)72(65)81-45-80(68-23-19-20-24-69(68)81)60-36-51(50-32-55(74(8,9)10)38-56(33-50)75(11,12)13)37-62(43-60)83-61-25-26-64-63-21-17-18-22-67(63)82(70(64)44-61)71-41-54(27-28-79-71)73(5,6)7/h17-44,46-47H,45H2,1-16H3. The van der Waals surface area contributed by atoms with Crippen LogP contribution in [0.5, 0.6) is 11.5 Å². The van der Waals surface area contributed by atoms with Crippen molar-refractivity contribution in [2.24, 2.45) is 0 Å². The van der Waals surface area contributed by atoms with E-state index >= 15 is 8.78 Å². The molecule has 424 valence electrons. The van der Waals surface area contributed by atoms with Crippen LogP contribution in [0.2, 0.25) is 0 Å². The van der Waals surface area contributed by atoms with Crippen LogP contribution in [0.4, 0.5) is 31.5 Å². The highest BCUT2D eigenvalue weighted by molar-refractivity contribution is 6.09. The predicted molar refractivity (Wildman–Crippen MR) is 346 cm³/mol. The van der Waals surface area contributed by atoms with Gasteiger partial charge in [0.15, 0.2) is 0 Å². The van der Waals surface area contributed by atoms with Crippen LogP contribution in [0, 0.1) is 11.6 Å². The number of para-hydroxylation sites is 3. The molecule has 0 radical (unpaired) electrons. The summed E-state index contributed by atoms with van der Waals surface area (Å²) in [7, 11) is 0. The molecule has 1 aliphatic heterocycles. The molecule has 0 unspecified atom stereocenters. The van der Waals surface area contributed by atoms with Crippen LogP contribution < -0.4 is 14.5 Å². The molecule has 0 saturated heterocycles. The maximum Gasteiger partial charge on any atom is 0.137 e. The van der Waals surface area contributed by atoms with Gasteiger partial charge < -0.3 is 14.5 Å². The van der Waals surface area contributed by atoms with Crippen molar-refractivity contribution in [1.29, 1.82) is 0 Å². The average molecular weight is 1100 g/mol. The van der Waals surface area contributed by atoms with Gasteiger partial charge in [0, 0.05) is 52.0 Å².